The number of rotatable bonds is 7. The van der Waals surface area contributed by atoms with Gasteiger partial charge in [0.25, 0.3) is 5.56 Å². The molecule has 0 atom stereocenters. The molecule has 0 fully saturated rings. The maximum absolute atomic E-state index is 13.0. The molecule has 7 heteroatoms. The summed E-state index contributed by atoms with van der Waals surface area (Å²) in [5, 5.41) is 4.49. The molecule has 0 radical (unpaired) electrons. The smallest absolute Gasteiger partial charge is 0.262 e. The lowest BCUT2D eigenvalue weighted by atomic mass is 10.1. The van der Waals surface area contributed by atoms with E-state index in [1.807, 2.05) is 38.1 Å². The van der Waals surface area contributed by atoms with Gasteiger partial charge in [0.1, 0.15) is 0 Å². The zero-order chi connectivity index (χ0) is 21.0. The van der Waals surface area contributed by atoms with E-state index in [2.05, 4.69) is 17.2 Å². The summed E-state index contributed by atoms with van der Waals surface area (Å²) in [5.74, 6) is 0.301. The molecule has 152 valence electrons. The first-order valence-corrected chi connectivity index (χ1v) is 11.0. The van der Waals surface area contributed by atoms with Gasteiger partial charge in [-0.1, -0.05) is 62.3 Å². The van der Waals surface area contributed by atoms with Gasteiger partial charge in [0.05, 0.1) is 16.7 Å². The van der Waals surface area contributed by atoms with E-state index in [1.165, 1.54) is 11.8 Å². The molecule has 0 aliphatic heterocycles. The molecular weight excluding hydrogens is 406 g/mol. The highest BCUT2D eigenvalue weighted by Crippen LogP contribution is 2.22. The molecule has 0 saturated heterocycles. The fourth-order valence-corrected chi connectivity index (χ4v) is 4.06. The summed E-state index contributed by atoms with van der Waals surface area (Å²) in [6.45, 7) is 6.65. The van der Waals surface area contributed by atoms with Crippen LogP contribution in [0.1, 0.15) is 26.3 Å². The predicted molar refractivity (Wildman–Crippen MR) is 121 cm³/mol. The predicted octanol–water partition coefficient (Wildman–Crippen LogP) is 5.00. The van der Waals surface area contributed by atoms with E-state index in [0.717, 1.165) is 17.7 Å². The zero-order valence-electron chi connectivity index (χ0n) is 16.7. The van der Waals surface area contributed by atoms with Crippen molar-refractivity contribution < 1.29 is 4.79 Å². The van der Waals surface area contributed by atoms with Gasteiger partial charge in [-0.25, -0.2) is 4.98 Å². The molecule has 1 heterocycles. The van der Waals surface area contributed by atoms with Crippen LogP contribution in [0.3, 0.4) is 0 Å². The highest BCUT2D eigenvalue weighted by molar-refractivity contribution is 7.99. The Hall–Kier alpha value is -2.31. The molecule has 0 bridgehead atoms. The van der Waals surface area contributed by atoms with E-state index < -0.39 is 0 Å². The zero-order valence-corrected chi connectivity index (χ0v) is 18.3. The van der Waals surface area contributed by atoms with Crippen LogP contribution in [0.4, 0.5) is 5.69 Å². The van der Waals surface area contributed by atoms with E-state index in [0.29, 0.717) is 27.6 Å². The number of carbonyl (C=O) groups is 1. The Labute approximate surface area is 179 Å². The molecule has 5 nitrogen and oxygen atoms in total. The molecule has 3 aromatic rings. The Morgan fingerprint density at radius 1 is 1.24 bits per heavy atom. The fraction of sp³-hybridized carbons (Fsp3) is 0.318. The third-order valence-corrected chi connectivity index (χ3v) is 5.65. The maximum Gasteiger partial charge on any atom is 0.262 e. The number of carbonyl (C=O) groups excluding carboxylic acids is 1. The highest BCUT2D eigenvalue weighted by atomic mass is 35.5. The third-order valence-electron chi connectivity index (χ3n) is 4.43. The van der Waals surface area contributed by atoms with Crippen LogP contribution < -0.4 is 10.9 Å². The average Bonchev–Trinajstić information content (AvgIpc) is 2.69. The molecule has 1 amide bonds. The quantitative estimate of drug-likeness (QED) is 0.424. The van der Waals surface area contributed by atoms with Gasteiger partial charge in [-0.05, 0) is 42.2 Å². The molecule has 0 aliphatic carbocycles. The summed E-state index contributed by atoms with van der Waals surface area (Å²) in [6, 6.07) is 12.8. The number of nitrogens with one attached hydrogen (secondary N) is 1. The van der Waals surface area contributed by atoms with Gasteiger partial charge in [0.2, 0.25) is 5.91 Å². The number of aryl methyl sites for hydroxylation is 1. The van der Waals surface area contributed by atoms with Crippen LogP contribution in [-0.4, -0.2) is 21.2 Å². The largest absolute Gasteiger partial charge is 0.325 e. The summed E-state index contributed by atoms with van der Waals surface area (Å²) in [4.78, 5) is 30.2. The number of benzene rings is 2. The van der Waals surface area contributed by atoms with Crippen LogP contribution in [-0.2, 0) is 17.8 Å². The lowest BCUT2D eigenvalue weighted by molar-refractivity contribution is -0.113. The van der Waals surface area contributed by atoms with Gasteiger partial charge >= 0.3 is 0 Å². The first-order chi connectivity index (χ1) is 13.9. The number of aromatic nitrogens is 2. The SMILES string of the molecule is CCc1ccccc1NC(=O)CSc1nc2ccc(Cl)cc2c(=O)n1CC(C)C. The van der Waals surface area contributed by atoms with Crippen LogP contribution in [0, 0.1) is 5.92 Å². The topological polar surface area (TPSA) is 64.0 Å². The van der Waals surface area contributed by atoms with E-state index >= 15 is 0 Å². The fourth-order valence-electron chi connectivity index (χ4n) is 3.08. The molecule has 0 aliphatic rings. The average molecular weight is 430 g/mol. The minimum absolute atomic E-state index is 0.127. The third kappa shape index (κ3) is 5.19. The van der Waals surface area contributed by atoms with E-state index in [1.54, 1.807) is 22.8 Å². The number of hydrogen-bond acceptors (Lipinski definition) is 4. The Morgan fingerprint density at radius 3 is 2.72 bits per heavy atom. The number of amides is 1. The van der Waals surface area contributed by atoms with E-state index in [-0.39, 0.29) is 23.1 Å². The van der Waals surface area contributed by atoms with Crippen molar-refractivity contribution in [3.05, 3.63) is 63.4 Å². The Kier molecular flexibility index (Phi) is 6.98. The molecule has 3 rings (SSSR count). The minimum atomic E-state index is -0.134. The number of para-hydroxylation sites is 1. The Bertz CT molecular complexity index is 1100. The second-order valence-electron chi connectivity index (χ2n) is 7.21. The van der Waals surface area contributed by atoms with Gasteiger partial charge in [-0.3, -0.25) is 14.2 Å². The van der Waals surface area contributed by atoms with Crippen LogP contribution >= 0.6 is 23.4 Å². The first-order valence-electron chi connectivity index (χ1n) is 9.59. The van der Waals surface area contributed by atoms with E-state index in [4.69, 9.17) is 11.6 Å². The summed E-state index contributed by atoms with van der Waals surface area (Å²) in [5.41, 5.74) is 2.36. The summed E-state index contributed by atoms with van der Waals surface area (Å²) in [7, 11) is 0. The van der Waals surface area contributed by atoms with Crippen molar-refractivity contribution in [2.75, 3.05) is 11.1 Å². The van der Waals surface area contributed by atoms with Crippen LogP contribution in [0.2, 0.25) is 5.02 Å². The van der Waals surface area contributed by atoms with Crippen molar-refractivity contribution in [1.29, 1.82) is 0 Å². The standard InChI is InChI=1S/C22H24ClN3O2S/c1-4-15-7-5-6-8-18(15)24-20(27)13-29-22-25-19-10-9-16(23)11-17(19)21(28)26(22)12-14(2)3/h5-11,14H,4,12-13H2,1-3H3,(H,24,27). The first kappa shape index (κ1) is 21.4. The van der Waals surface area contributed by atoms with Crippen LogP contribution in [0.15, 0.2) is 52.4 Å². The number of nitrogens with zero attached hydrogens (tertiary/aromatic N) is 2. The molecule has 0 spiro atoms. The van der Waals surface area contributed by atoms with Gasteiger partial charge in [0.15, 0.2) is 5.16 Å². The molecule has 0 saturated carbocycles. The molecule has 29 heavy (non-hydrogen) atoms. The summed E-state index contributed by atoms with van der Waals surface area (Å²) in [6.07, 6.45) is 0.840. The molecule has 2 aromatic carbocycles. The van der Waals surface area contributed by atoms with Crippen molar-refractivity contribution in [3.8, 4) is 0 Å². The summed E-state index contributed by atoms with van der Waals surface area (Å²) >= 11 is 7.33. The number of fused-ring (bicyclic) bond motifs is 1. The van der Waals surface area contributed by atoms with Crippen LogP contribution in [0.5, 0.6) is 0 Å². The molecule has 1 N–H and O–H groups in total. The van der Waals surface area contributed by atoms with Crippen LogP contribution in [0.25, 0.3) is 10.9 Å². The lowest BCUT2D eigenvalue weighted by Crippen LogP contribution is -2.26. The van der Waals surface area contributed by atoms with Crippen molar-refractivity contribution in [2.24, 2.45) is 5.92 Å². The second-order valence-corrected chi connectivity index (χ2v) is 8.59. The minimum Gasteiger partial charge on any atom is -0.325 e. The second kappa shape index (κ2) is 9.46. The van der Waals surface area contributed by atoms with Crippen molar-refractivity contribution in [3.63, 3.8) is 0 Å². The summed E-state index contributed by atoms with van der Waals surface area (Å²) < 4.78 is 1.64. The van der Waals surface area contributed by atoms with Crippen molar-refractivity contribution >= 4 is 45.9 Å². The van der Waals surface area contributed by atoms with Crippen molar-refractivity contribution in [1.82, 2.24) is 9.55 Å². The maximum atomic E-state index is 13.0. The normalized spacial score (nSPS) is 11.2. The Morgan fingerprint density at radius 2 is 2.00 bits per heavy atom. The number of anilines is 1. The lowest BCUT2D eigenvalue weighted by Gasteiger charge is -2.15. The molecule has 0 unspecified atom stereocenters. The number of thioether (sulfide) groups is 1. The highest BCUT2D eigenvalue weighted by Gasteiger charge is 2.15. The molecule has 1 aromatic heterocycles. The van der Waals surface area contributed by atoms with Gasteiger partial charge in [0, 0.05) is 17.3 Å². The monoisotopic (exact) mass is 429 g/mol. The van der Waals surface area contributed by atoms with E-state index in [9.17, 15) is 9.59 Å². The van der Waals surface area contributed by atoms with Gasteiger partial charge in [-0.15, -0.1) is 0 Å². The van der Waals surface area contributed by atoms with Crippen molar-refractivity contribution in [2.45, 2.75) is 38.9 Å². The molecular formula is C22H24ClN3O2S. The van der Waals surface area contributed by atoms with Gasteiger partial charge in [-0.2, -0.15) is 0 Å². The number of halogens is 1. The van der Waals surface area contributed by atoms with Gasteiger partial charge < -0.3 is 5.32 Å². The number of hydrogen-bond donors (Lipinski definition) is 1. The Balaban J connectivity index is 1.85.